The van der Waals surface area contributed by atoms with Crippen molar-refractivity contribution in [3.05, 3.63) is 81.8 Å². The van der Waals surface area contributed by atoms with Crippen molar-refractivity contribution in [1.82, 2.24) is 10.7 Å². The molecule has 1 heterocycles. The molecule has 0 saturated heterocycles. The quantitative estimate of drug-likeness (QED) is 0.216. The second-order valence-corrected chi connectivity index (χ2v) is 8.56. The van der Waals surface area contributed by atoms with E-state index in [1.54, 1.807) is 12.1 Å². The zero-order chi connectivity index (χ0) is 22.4. The Balaban J connectivity index is 1.78. The number of nitro groups is 1. The van der Waals surface area contributed by atoms with Crippen LogP contribution in [-0.4, -0.2) is 18.5 Å². The first-order valence-corrected chi connectivity index (χ1v) is 10.9. The van der Waals surface area contributed by atoms with Gasteiger partial charge in [0.2, 0.25) is 0 Å². The van der Waals surface area contributed by atoms with Crippen LogP contribution in [0.3, 0.4) is 0 Å². The third-order valence-corrected chi connectivity index (χ3v) is 5.80. The number of nitro benzene ring substituents is 1. The van der Waals surface area contributed by atoms with Gasteiger partial charge in [-0.1, -0.05) is 11.6 Å². The normalized spacial score (nSPS) is 10.9. The SMILES string of the molecule is O=[N+]([O-])c1ccc(NNC(=S)NCc2ccco2)c(S(=O)(=O)Nc2ccc(Cl)cc2)c1. The Morgan fingerprint density at radius 2 is 1.90 bits per heavy atom. The first kappa shape index (κ1) is 22.3. The molecule has 0 atom stereocenters. The molecule has 0 radical (unpaired) electrons. The van der Waals surface area contributed by atoms with Crippen molar-refractivity contribution in [1.29, 1.82) is 0 Å². The first-order valence-electron chi connectivity index (χ1n) is 8.64. The maximum absolute atomic E-state index is 12.9. The maximum Gasteiger partial charge on any atom is 0.270 e. The van der Waals surface area contributed by atoms with E-state index in [1.165, 1.54) is 42.7 Å². The Morgan fingerprint density at radius 1 is 1.16 bits per heavy atom. The van der Waals surface area contributed by atoms with Crippen molar-refractivity contribution in [3.63, 3.8) is 0 Å². The van der Waals surface area contributed by atoms with E-state index in [2.05, 4.69) is 20.9 Å². The van der Waals surface area contributed by atoms with E-state index in [-0.39, 0.29) is 27.1 Å². The summed E-state index contributed by atoms with van der Waals surface area (Å²) in [6, 6.07) is 12.8. The topological polar surface area (TPSA) is 139 Å². The highest BCUT2D eigenvalue weighted by Crippen LogP contribution is 2.28. The minimum absolute atomic E-state index is 0.0502. The van der Waals surface area contributed by atoms with E-state index in [1.807, 2.05) is 0 Å². The Labute approximate surface area is 187 Å². The summed E-state index contributed by atoms with van der Waals surface area (Å²) in [5.74, 6) is 0.648. The van der Waals surface area contributed by atoms with Gasteiger partial charge in [0.25, 0.3) is 15.7 Å². The zero-order valence-corrected chi connectivity index (χ0v) is 18.1. The number of rotatable bonds is 8. The molecule has 31 heavy (non-hydrogen) atoms. The lowest BCUT2D eigenvalue weighted by Crippen LogP contribution is -2.38. The van der Waals surface area contributed by atoms with Crippen LogP contribution in [0, 0.1) is 10.1 Å². The predicted molar refractivity (Wildman–Crippen MR) is 120 cm³/mol. The highest BCUT2D eigenvalue weighted by Gasteiger charge is 2.23. The number of nitrogens with zero attached hydrogens (tertiary/aromatic N) is 1. The smallest absolute Gasteiger partial charge is 0.270 e. The van der Waals surface area contributed by atoms with Crippen molar-refractivity contribution in [2.45, 2.75) is 11.4 Å². The van der Waals surface area contributed by atoms with Crippen LogP contribution in [0.15, 0.2) is 70.2 Å². The molecule has 0 saturated carbocycles. The molecule has 0 aliphatic heterocycles. The molecule has 4 N–H and O–H groups in total. The fourth-order valence-electron chi connectivity index (χ4n) is 2.43. The van der Waals surface area contributed by atoms with Crippen LogP contribution in [0.4, 0.5) is 17.1 Å². The van der Waals surface area contributed by atoms with E-state index in [4.69, 9.17) is 28.2 Å². The number of sulfonamides is 1. The summed E-state index contributed by atoms with van der Waals surface area (Å²) >= 11 is 11.0. The van der Waals surface area contributed by atoms with E-state index >= 15 is 0 Å². The summed E-state index contributed by atoms with van der Waals surface area (Å²) in [4.78, 5) is 10.1. The number of hydrazine groups is 1. The van der Waals surface area contributed by atoms with Gasteiger partial charge in [0.15, 0.2) is 5.11 Å². The standard InChI is InChI=1S/C18H16ClN5O5S2/c19-12-3-5-13(6-4-12)23-31(27,28)17-10-14(24(25)26)7-8-16(17)21-22-18(30)20-11-15-2-1-9-29-15/h1-10,21,23H,11H2,(H2,20,22,30). The van der Waals surface area contributed by atoms with Crippen molar-refractivity contribution in [3.8, 4) is 0 Å². The number of thiocarbonyl (C=S) groups is 1. The van der Waals surface area contributed by atoms with Gasteiger partial charge in [0.05, 0.1) is 23.4 Å². The predicted octanol–water partition coefficient (Wildman–Crippen LogP) is 3.63. The molecule has 3 aromatic rings. The molecule has 0 aliphatic carbocycles. The monoisotopic (exact) mass is 481 g/mol. The highest BCUT2D eigenvalue weighted by atomic mass is 35.5. The van der Waals surface area contributed by atoms with Gasteiger partial charge in [-0.15, -0.1) is 0 Å². The van der Waals surface area contributed by atoms with Gasteiger partial charge in [0, 0.05) is 22.8 Å². The van der Waals surface area contributed by atoms with Crippen LogP contribution in [-0.2, 0) is 16.6 Å². The van der Waals surface area contributed by atoms with Crippen LogP contribution >= 0.6 is 23.8 Å². The van der Waals surface area contributed by atoms with Gasteiger partial charge >= 0.3 is 0 Å². The Hall–Kier alpha value is -3.35. The molecule has 0 unspecified atom stereocenters. The minimum Gasteiger partial charge on any atom is -0.467 e. The summed E-state index contributed by atoms with van der Waals surface area (Å²) in [7, 11) is -4.19. The van der Waals surface area contributed by atoms with Crippen LogP contribution < -0.4 is 20.9 Å². The molecule has 0 spiro atoms. The van der Waals surface area contributed by atoms with Crippen LogP contribution in [0.1, 0.15) is 5.76 Å². The average molecular weight is 482 g/mol. The molecular weight excluding hydrogens is 466 g/mol. The second-order valence-electron chi connectivity index (χ2n) is 6.06. The molecular formula is C18H16ClN5O5S2. The first-order chi connectivity index (χ1) is 14.7. The molecule has 0 fully saturated rings. The van der Waals surface area contributed by atoms with Crippen molar-refractivity contribution >= 4 is 56.0 Å². The van der Waals surface area contributed by atoms with Gasteiger partial charge in [-0.05, 0) is 54.7 Å². The van der Waals surface area contributed by atoms with E-state index in [9.17, 15) is 18.5 Å². The summed E-state index contributed by atoms with van der Waals surface area (Å²) < 4.78 is 33.4. The number of anilines is 2. The maximum atomic E-state index is 12.9. The molecule has 13 heteroatoms. The average Bonchev–Trinajstić information content (AvgIpc) is 3.25. The second kappa shape index (κ2) is 9.64. The number of hydrogen-bond acceptors (Lipinski definition) is 7. The molecule has 0 amide bonds. The molecule has 162 valence electrons. The lowest BCUT2D eigenvalue weighted by Gasteiger charge is -2.16. The fourth-order valence-corrected chi connectivity index (χ4v) is 3.92. The molecule has 1 aromatic heterocycles. The lowest BCUT2D eigenvalue weighted by molar-refractivity contribution is -0.385. The largest absolute Gasteiger partial charge is 0.467 e. The van der Waals surface area contributed by atoms with Crippen LogP contribution in [0.25, 0.3) is 0 Å². The number of furan rings is 1. The van der Waals surface area contributed by atoms with Crippen molar-refractivity contribution in [2.75, 3.05) is 10.1 Å². The highest BCUT2D eigenvalue weighted by molar-refractivity contribution is 7.92. The summed E-state index contributed by atoms with van der Waals surface area (Å²) in [6.45, 7) is 0.310. The van der Waals surface area contributed by atoms with Gasteiger partial charge in [-0.3, -0.25) is 25.7 Å². The Morgan fingerprint density at radius 3 is 2.55 bits per heavy atom. The van der Waals surface area contributed by atoms with Crippen molar-refractivity contribution < 1.29 is 17.8 Å². The zero-order valence-electron chi connectivity index (χ0n) is 15.7. The van der Waals surface area contributed by atoms with Crippen molar-refractivity contribution in [2.24, 2.45) is 0 Å². The Bertz CT molecular complexity index is 1180. The summed E-state index contributed by atoms with van der Waals surface area (Å²) in [5, 5.41) is 14.6. The number of benzene rings is 2. The Kier molecular flexibility index (Phi) is 6.95. The molecule has 0 bridgehead atoms. The fraction of sp³-hybridized carbons (Fsp3) is 0.0556. The van der Waals surface area contributed by atoms with Gasteiger partial charge < -0.3 is 9.73 Å². The van der Waals surface area contributed by atoms with E-state index < -0.39 is 14.9 Å². The molecule has 3 rings (SSSR count). The number of nitrogens with one attached hydrogen (secondary N) is 4. The van der Waals surface area contributed by atoms with E-state index in [0.717, 1.165) is 6.07 Å². The van der Waals surface area contributed by atoms with Crippen LogP contribution in [0.2, 0.25) is 5.02 Å². The van der Waals surface area contributed by atoms with Crippen LogP contribution in [0.5, 0.6) is 0 Å². The van der Waals surface area contributed by atoms with E-state index in [0.29, 0.717) is 17.3 Å². The summed E-state index contributed by atoms with van der Waals surface area (Å²) in [5.41, 5.74) is 5.21. The number of halogens is 1. The third-order valence-electron chi connectivity index (χ3n) is 3.88. The lowest BCUT2D eigenvalue weighted by atomic mass is 10.3. The molecule has 0 aliphatic rings. The number of hydrogen-bond donors (Lipinski definition) is 4. The van der Waals surface area contributed by atoms with Gasteiger partial charge in [-0.2, -0.15) is 0 Å². The number of non-ortho nitro benzene ring substituents is 1. The summed E-state index contributed by atoms with van der Waals surface area (Å²) in [6.07, 6.45) is 1.52. The van der Waals surface area contributed by atoms with Gasteiger partial charge in [0.1, 0.15) is 10.7 Å². The third kappa shape index (κ3) is 6.07. The van der Waals surface area contributed by atoms with Gasteiger partial charge in [-0.25, -0.2) is 8.42 Å². The minimum atomic E-state index is -4.19. The molecule has 2 aromatic carbocycles. The molecule has 10 nitrogen and oxygen atoms in total.